The SMILES string of the molecule is CC1(C)COC(CNc2nc(OS(=O)(=O)C(F)(F)F)ccc2F)CO1. The maximum atomic E-state index is 13.7. The number of alkyl halides is 3. The van der Waals surface area contributed by atoms with Crippen molar-refractivity contribution in [3.63, 3.8) is 0 Å². The van der Waals surface area contributed by atoms with Gasteiger partial charge < -0.3 is 19.0 Å². The number of halogens is 4. The molecule has 0 amide bonds. The number of aromatic nitrogens is 1. The predicted molar refractivity (Wildman–Crippen MR) is 78.1 cm³/mol. The maximum absolute atomic E-state index is 13.7. The monoisotopic (exact) mass is 388 g/mol. The summed E-state index contributed by atoms with van der Waals surface area (Å²) in [5, 5.41) is 2.53. The topological polar surface area (TPSA) is 86.8 Å². The molecule has 1 aliphatic heterocycles. The molecule has 0 spiro atoms. The van der Waals surface area contributed by atoms with Gasteiger partial charge in [0.1, 0.15) is 0 Å². The van der Waals surface area contributed by atoms with E-state index in [9.17, 15) is 26.0 Å². The fourth-order valence-corrected chi connectivity index (χ4v) is 2.22. The Hall–Kier alpha value is -1.66. The summed E-state index contributed by atoms with van der Waals surface area (Å²) < 4.78 is 87.3. The van der Waals surface area contributed by atoms with E-state index in [4.69, 9.17) is 9.47 Å². The van der Waals surface area contributed by atoms with Crippen molar-refractivity contribution in [1.29, 1.82) is 0 Å². The first kappa shape index (κ1) is 19.7. The van der Waals surface area contributed by atoms with E-state index in [0.29, 0.717) is 12.7 Å². The van der Waals surface area contributed by atoms with Gasteiger partial charge in [-0.1, -0.05) is 0 Å². The van der Waals surface area contributed by atoms with E-state index in [-0.39, 0.29) is 13.2 Å². The summed E-state index contributed by atoms with van der Waals surface area (Å²) in [5.41, 5.74) is -6.06. The van der Waals surface area contributed by atoms with Gasteiger partial charge in [-0.25, -0.2) is 4.39 Å². The molecule has 1 aliphatic rings. The van der Waals surface area contributed by atoms with Crippen LogP contribution in [0.2, 0.25) is 0 Å². The number of hydrogen-bond donors (Lipinski definition) is 1. The van der Waals surface area contributed by atoms with E-state index < -0.39 is 44.8 Å². The third-order valence-corrected chi connectivity index (χ3v) is 4.08. The quantitative estimate of drug-likeness (QED) is 0.469. The van der Waals surface area contributed by atoms with Gasteiger partial charge in [0.25, 0.3) is 0 Å². The summed E-state index contributed by atoms with van der Waals surface area (Å²) in [6.07, 6.45) is -0.433. The van der Waals surface area contributed by atoms with Crippen LogP contribution in [-0.2, 0) is 19.6 Å². The van der Waals surface area contributed by atoms with Gasteiger partial charge in [-0.15, -0.1) is 0 Å². The molecule has 1 fully saturated rings. The van der Waals surface area contributed by atoms with Gasteiger partial charge >= 0.3 is 15.6 Å². The highest BCUT2D eigenvalue weighted by atomic mass is 32.2. The van der Waals surface area contributed by atoms with Crippen LogP contribution in [0, 0.1) is 5.82 Å². The van der Waals surface area contributed by atoms with Crippen molar-refractivity contribution in [2.75, 3.05) is 25.1 Å². The Bertz CT molecular complexity index is 714. The van der Waals surface area contributed by atoms with Gasteiger partial charge in [-0.3, -0.25) is 0 Å². The fourth-order valence-electron chi connectivity index (χ4n) is 1.81. The molecular weight excluding hydrogens is 372 g/mol. The van der Waals surface area contributed by atoms with E-state index in [1.54, 1.807) is 0 Å². The van der Waals surface area contributed by atoms with E-state index in [1.165, 1.54) is 0 Å². The molecule has 1 N–H and O–H groups in total. The van der Waals surface area contributed by atoms with Gasteiger partial charge in [0, 0.05) is 12.6 Å². The Kier molecular flexibility index (Phi) is 5.44. The summed E-state index contributed by atoms with van der Waals surface area (Å²) >= 11 is 0. The minimum atomic E-state index is -5.89. The molecule has 2 heterocycles. The number of nitrogens with zero attached hydrogens (tertiary/aromatic N) is 1. The molecule has 0 radical (unpaired) electrons. The summed E-state index contributed by atoms with van der Waals surface area (Å²) in [5.74, 6) is -2.28. The first-order valence-electron chi connectivity index (χ1n) is 7.06. The van der Waals surface area contributed by atoms with Crippen molar-refractivity contribution in [2.45, 2.75) is 31.1 Å². The molecule has 12 heteroatoms. The highest BCUT2D eigenvalue weighted by Crippen LogP contribution is 2.27. The lowest BCUT2D eigenvalue weighted by Gasteiger charge is -2.35. The van der Waals surface area contributed by atoms with Crippen LogP contribution in [0.25, 0.3) is 0 Å². The summed E-state index contributed by atoms with van der Waals surface area (Å²) in [6.45, 7) is 4.25. The van der Waals surface area contributed by atoms with Crippen LogP contribution in [-0.4, -0.2) is 50.4 Å². The van der Waals surface area contributed by atoms with Gasteiger partial charge in [0.15, 0.2) is 11.6 Å². The smallest absolute Gasteiger partial charge is 0.371 e. The van der Waals surface area contributed by atoms with Gasteiger partial charge in [0.05, 0.1) is 24.9 Å². The Morgan fingerprint density at radius 1 is 1.40 bits per heavy atom. The lowest BCUT2D eigenvalue weighted by atomic mass is 10.1. The fraction of sp³-hybridized carbons (Fsp3) is 0.615. The summed E-state index contributed by atoms with van der Waals surface area (Å²) in [7, 11) is -5.89. The second-order valence-electron chi connectivity index (χ2n) is 5.85. The zero-order valence-corrected chi connectivity index (χ0v) is 14.1. The minimum absolute atomic E-state index is 0.0511. The van der Waals surface area contributed by atoms with Crippen molar-refractivity contribution in [3.05, 3.63) is 17.9 Å². The van der Waals surface area contributed by atoms with E-state index in [0.717, 1.165) is 6.07 Å². The Labute approximate surface area is 141 Å². The van der Waals surface area contributed by atoms with Crippen molar-refractivity contribution in [3.8, 4) is 5.88 Å². The molecule has 142 valence electrons. The molecule has 1 aromatic heterocycles. The van der Waals surface area contributed by atoms with E-state index >= 15 is 0 Å². The van der Waals surface area contributed by atoms with Crippen molar-refractivity contribution >= 4 is 15.9 Å². The molecule has 1 saturated heterocycles. The molecule has 1 unspecified atom stereocenters. The molecule has 25 heavy (non-hydrogen) atoms. The zero-order chi connectivity index (χ0) is 18.9. The molecule has 7 nitrogen and oxygen atoms in total. The number of rotatable bonds is 5. The van der Waals surface area contributed by atoms with Crippen LogP contribution < -0.4 is 9.50 Å². The molecule has 2 rings (SSSR count). The third kappa shape index (κ3) is 5.16. The Morgan fingerprint density at radius 3 is 2.64 bits per heavy atom. The number of pyridine rings is 1. The summed E-state index contributed by atoms with van der Waals surface area (Å²) in [4.78, 5) is 3.40. The molecule has 0 aliphatic carbocycles. The van der Waals surface area contributed by atoms with Crippen LogP contribution in [0.4, 0.5) is 23.4 Å². The Balaban J connectivity index is 2.02. The molecule has 0 bridgehead atoms. The van der Waals surface area contributed by atoms with Crippen molar-refractivity contribution < 1.29 is 39.6 Å². The first-order valence-corrected chi connectivity index (χ1v) is 8.47. The number of nitrogens with one attached hydrogen (secondary N) is 1. The lowest BCUT2D eigenvalue weighted by molar-refractivity contribution is -0.170. The minimum Gasteiger partial charge on any atom is -0.371 e. The average Bonchev–Trinajstić information content (AvgIpc) is 2.47. The molecule has 0 saturated carbocycles. The van der Waals surface area contributed by atoms with Gasteiger partial charge in [-0.2, -0.15) is 26.6 Å². The lowest BCUT2D eigenvalue weighted by Crippen LogP contribution is -2.44. The zero-order valence-electron chi connectivity index (χ0n) is 13.3. The van der Waals surface area contributed by atoms with Crippen LogP contribution in [0.15, 0.2) is 12.1 Å². The highest BCUT2D eigenvalue weighted by Gasteiger charge is 2.48. The average molecular weight is 388 g/mol. The predicted octanol–water partition coefficient (Wildman–Crippen LogP) is 2.06. The van der Waals surface area contributed by atoms with E-state index in [2.05, 4.69) is 14.5 Å². The Morgan fingerprint density at radius 2 is 2.08 bits per heavy atom. The van der Waals surface area contributed by atoms with E-state index in [1.807, 2.05) is 13.8 Å². The van der Waals surface area contributed by atoms with Crippen molar-refractivity contribution in [2.24, 2.45) is 0 Å². The number of anilines is 1. The highest BCUT2D eigenvalue weighted by molar-refractivity contribution is 7.87. The molecule has 1 atom stereocenters. The molecular formula is C13H16F4N2O5S. The maximum Gasteiger partial charge on any atom is 0.534 e. The second kappa shape index (κ2) is 6.92. The molecule has 1 aromatic rings. The first-order chi connectivity index (χ1) is 11.4. The van der Waals surface area contributed by atoms with Crippen LogP contribution in [0.3, 0.4) is 0 Å². The second-order valence-corrected chi connectivity index (χ2v) is 7.39. The van der Waals surface area contributed by atoms with Gasteiger partial charge in [0.2, 0.25) is 5.88 Å². The normalized spacial score (nSPS) is 21.0. The number of hydrogen-bond acceptors (Lipinski definition) is 7. The standard InChI is InChI=1S/C13H16F4N2O5S/c1-12(2)7-22-8(6-23-12)5-18-11-9(14)3-4-10(19-11)24-25(20,21)13(15,16)17/h3-4,8H,5-7H2,1-2H3,(H,18,19). The van der Waals surface area contributed by atoms with Crippen LogP contribution in [0.1, 0.15) is 13.8 Å². The largest absolute Gasteiger partial charge is 0.534 e. The van der Waals surface area contributed by atoms with Crippen molar-refractivity contribution in [1.82, 2.24) is 4.98 Å². The van der Waals surface area contributed by atoms with Crippen LogP contribution >= 0.6 is 0 Å². The van der Waals surface area contributed by atoms with Gasteiger partial charge in [-0.05, 0) is 19.9 Å². The third-order valence-electron chi connectivity index (χ3n) is 3.12. The molecule has 0 aromatic carbocycles. The summed E-state index contributed by atoms with van der Waals surface area (Å²) in [6, 6.07) is 1.41. The van der Waals surface area contributed by atoms with Crippen LogP contribution in [0.5, 0.6) is 5.88 Å². The number of ether oxygens (including phenoxy) is 2.